The van der Waals surface area contributed by atoms with Crippen LogP contribution in [-0.2, 0) is 4.74 Å². The molecule has 0 bridgehead atoms. The van der Waals surface area contributed by atoms with Crippen LogP contribution in [0.2, 0.25) is 0 Å². The number of pyridine rings is 1. The van der Waals surface area contributed by atoms with Crippen molar-refractivity contribution in [1.82, 2.24) is 15.0 Å². The maximum atomic E-state index is 13.3. The Balaban J connectivity index is 0.00000300. The summed E-state index contributed by atoms with van der Waals surface area (Å²) in [4.78, 5) is 12.6. The van der Waals surface area contributed by atoms with Crippen molar-refractivity contribution in [2.45, 2.75) is 12.8 Å². The second-order valence-electron chi connectivity index (χ2n) is 6.13. The molecule has 1 aromatic carbocycles. The summed E-state index contributed by atoms with van der Waals surface area (Å²) < 4.78 is 24.3. The third-order valence-electron chi connectivity index (χ3n) is 4.22. The molecule has 3 aromatic rings. The van der Waals surface area contributed by atoms with Crippen molar-refractivity contribution in [3.05, 3.63) is 65.9 Å². The number of methoxy groups -OCH3 is 1. The van der Waals surface area contributed by atoms with Crippen molar-refractivity contribution in [1.29, 1.82) is 0 Å². The summed E-state index contributed by atoms with van der Waals surface area (Å²) in [5.74, 6) is 1.49. The van der Waals surface area contributed by atoms with E-state index in [2.05, 4.69) is 20.3 Å². The lowest BCUT2D eigenvalue weighted by Gasteiger charge is -2.20. The molecule has 154 valence electrons. The van der Waals surface area contributed by atoms with Gasteiger partial charge in [0.2, 0.25) is 0 Å². The fourth-order valence-electron chi connectivity index (χ4n) is 2.82. The molecule has 2 heterocycles. The highest BCUT2D eigenvalue weighted by Crippen LogP contribution is 2.37. The van der Waals surface area contributed by atoms with E-state index in [0.717, 1.165) is 11.1 Å². The minimum Gasteiger partial charge on any atom is -0.491 e. The fraction of sp³-hybridized carbons (Fsp3) is 0.250. The predicted octanol–water partition coefficient (Wildman–Crippen LogP) is 3.94. The summed E-state index contributed by atoms with van der Waals surface area (Å²) >= 11 is 0. The number of nitrogens with zero attached hydrogens (tertiary/aromatic N) is 3. The first kappa shape index (κ1) is 22.3. The number of halogens is 2. The van der Waals surface area contributed by atoms with Gasteiger partial charge in [-0.15, -0.1) is 12.4 Å². The molecule has 0 fully saturated rings. The lowest BCUT2D eigenvalue weighted by molar-refractivity contribution is 0.145. The lowest BCUT2D eigenvalue weighted by atomic mass is 9.92. The van der Waals surface area contributed by atoms with E-state index in [4.69, 9.17) is 15.2 Å². The number of aromatic nitrogens is 3. The number of ether oxygens (including phenoxy) is 2. The third-order valence-corrected chi connectivity index (χ3v) is 4.22. The first-order valence-electron chi connectivity index (χ1n) is 8.79. The van der Waals surface area contributed by atoms with E-state index in [-0.39, 0.29) is 24.1 Å². The van der Waals surface area contributed by atoms with E-state index in [9.17, 15) is 4.39 Å². The molecule has 3 rings (SSSR count). The minimum absolute atomic E-state index is 0. The Labute approximate surface area is 174 Å². The van der Waals surface area contributed by atoms with Crippen LogP contribution in [0, 0.1) is 5.82 Å². The van der Waals surface area contributed by atoms with Crippen LogP contribution in [0.15, 0.2) is 48.9 Å². The van der Waals surface area contributed by atoms with Crippen molar-refractivity contribution in [3.63, 3.8) is 0 Å². The van der Waals surface area contributed by atoms with Gasteiger partial charge >= 0.3 is 0 Å². The standard InChI is InChI=1S/C20H22FN5O2.ClH/c1-13(14-3-5-15(21)6-4-14)19-16(28-10-9-27-2)11-17(26-20(19)22)25-18-12-23-7-8-24-18;/h3-8,11-13H,9-10H2,1-2H3,(H3,22,24,25,26);1H. The molecule has 9 heteroatoms. The van der Waals surface area contributed by atoms with Gasteiger partial charge in [0.15, 0.2) is 0 Å². The highest BCUT2D eigenvalue weighted by Gasteiger charge is 2.20. The second kappa shape index (κ2) is 10.5. The number of anilines is 3. The Bertz CT molecular complexity index is 913. The molecule has 1 atom stereocenters. The van der Waals surface area contributed by atoms with E-state index in [1.54, 1.807) is 43.9 Å². The molecular weight excluding hydrogens is 397 g/mol. The number of nitrogens with two attached hydrogens (primary N) is 1. The number of nitrogen functional groups attached to an aromatic ring is 1. The molecule has 2 aromatic heterocycles. The summed E-state index contributed by atoms with van der Waals surface area (Å²) in [5, 5.41) is 3.06. The van der Waals surface area contributed by atoms with Crippen LogP contribution in [0.1, 0.15) is 24.0 Å². The molecular formula is C20H23ClFN5O2. The smallest absolute Gasteiger partial charge is 0.150 e. The largest absolute Gasteiger partial charge is 0.491 e. The van der Waals surface area contributed by atoms with Crippen LogP contribution in [0.5, 0.6) is 5.75 Å². The Hall–Kier alpha value is -2.97. The van der Waals surface area contributed by atoms with Crippen molar-refractivity contribution < 1.29 is 13.9 Å². The van der Waals surface area contributed by atoms with Crippen LogP contribution in [0.25, 0.3) is 0 Å². The summed E-state index contributed by atoms with van der Waals surface area (Å²) in [6.45, 7) is 2.76. The number of rotatable bonds is 8. The van der Waals surface area contributed by atoms with E-state index >= 15 is 0 Å². The summed E-state index contributed by atoms with van der Waals surface area (Å²) in [6.07, 6.45) is 4.74. The Kier molecular flexibility index (Phi) is 8.11. The Morgan fingerprint density at radius 3 is 2.55 bits per heavy atom. The van der Waals surface area contributed by atoms with Crippen LogP contribution in [0.3, 0.4) is 0 Å². The van der Waals surface area contributed by atoms with Crippen LogP contribution in [0.4, 0.5) is 21.8 Å². The van der Waals surface area contributed by atoms with Gasteiger partial charge in [-0.2, -0.15) is 0 Å². The van der Waals surface area contributed by atoms with Crippen LogP contribution >= 0.6 is 12.4 Å². The average Bonchev–Trinajstić information content (AvgIpc) is 2.69. The zero-order valence-corrected chi connectivity index (χ0v) is 16.9. The topological polar surface area (TPSA) is 95.2 Å². The maximum absolute atomic E-state index is 13.3. The number of hydrogen-bond donors (Lipinski definition) is 2. The molecule has 0 aliphatic rings. The normalized spacial score (nSPS) is 11.4. The molecule has 0 radical (unpaired) electrons. The highest BCUT2D eigenvalue weighted by molar-refractivity contribution is 5.85. The zero-order valence-electron chi connectivity index (χ0n) is 16.1. The van der Waals surface area contributed by atoms with Gasteiger partial charge in [-0.05, 0) is 17.7 Å². The quantitative estimate of drug-likeness (QED) is 0.534. The fourth-order valence-corrected chi connectivity index (χ4v) is 2.82. The zero-order chi connectivity index (χ0) is 19.9. The SMILES string of the molecule is COCCOc1cc(Nc2cnccn2)nc(N)c1C(C)c1ccc(F)cc1.Cl. The first-order chi connectivity index (χ1) is 13.6. The van der Waals surface area contributed by atoms with Crippen molar-refractivity contribution in [2.75, 3.05) is 31.4 Å². The van der Waals surface area contributed by atoms with Gasteiger partial charge in [0.05, 0.1) is 12.8 Å². The molecule has 1 unspecified atom stereocenters. The lowest BCUT2D eigenvalue weighted by Crippen LogP contribution is -2.12. The molecule has 0 saturated heterocycles. The van der Waals surface area contributed by atoms with Gasteiger partial charge in [0.1, 0.15) is 35.6 Å². The van der Waals surface area contributed by atoms with Gasteiger partial charge in [-0.1, -0.05) is 19.1 Å². The van der Waals surface area contributed by atoms with Gasteiger partial charge in [0.25, 0.3) is 0 Å². The molecule has 7 nitrogen and oxygen atoms in total. The van der Waals surface area contributed by atoms with E-state index in [0.29, 0.717) is 36.4 Å². The second-order valence-corrected chi connectivity index (χ2v) is 6.13. The third kappa shape index (κ3) is 5.75. The molecule has 0 amide bonds. The molecule has 0 aliphatic heterocycles. The van der Waals surface area contributed by atoms with Crippen molar-refractivity contribution in [3.8, 4) is 5.75 Å². The molecule has 29 heavy (non-hydrogen) atoms. The van der Waals surface area contributed by atoms with Crippen molar-refractivity contribution in [2.24, 2.45) is 0 Å². The number of nitrogens with one attached hydrogen (secondary N) is 1. The van der Waals surface area contributed by atoms with Gasteiger partial charge in [0, 0.05) is 37.1 Å². The molecule has 0 spiro atoms. The summed E-state index contributed by atoms with van der Waals surface area (Å²) in [6, 6.07) is 8.06. The minimum atomic E-state index is -0.290. The molecule has 0 saturated carbocycles. The van der Waals surface area contributed by atoms with Gasteiger partial charge in [-0.3, -0.25) is 4.98 Å². The molecule has 3 N–H and O–H groups in total. The van der Waals surface area contributed by atoms with E-state index in [1.165, 1.54) is 12.1 Å². The Morgan fingerprint density at radius 2 is 1.90 bits per heavy atom. The summed E-state index contributed by atoms with van der Waals surface area (Å²) in [7, 11) is 1.60. The average molecular weight is 420 g/mol. The van der Waals surface area contributed by atoms with Crippen LogP contribution < -0.4 is 15.8 Å². The summed E-state index contributed by atoms with van der Waals surface area (Å²) in [5.41, 5.74) is 7.91. The van der Waals surface area contributed by atoms with Crippen LogP contribution in [-0.4, -0.2) is 35.3 Å². The van der Waals surface area contributed by atoms with E-state index in [1.807, 2.05) is 6.92 Å². The van der Waals surface area contributed by atoms with Crippen molar-refractivity contribution >= 4 is 29.9 Å². The highest BCUT2D eigenvalue weighted by atomic mass is 35.5. The number of benzene rings is 1. The Morgan fingerprint density at radius 1 is 1.14 bits per heavy atom. The molecule has 0 aliphatic carbocycles. The number of hydrogen-bond acceptors (Lipinski definition) is 7. The predicted molar refractivity (Wildman–Crippen MR) is 113 cm³/mol. The van der Waals surface area contributed by atoms with Gasteiger partial charge < -0.3 is 20.5 Å². The van der Waals surface area contributed by atoms with Gasteiger partial charge in [-0.25, -0.2) is 14.4 Å². The first-order valence-corrected chi connectivity index (χ1v) is 8.79. The van der Waals surface area contributed by atoms with E-state index < -0.39 is 0 Å². The monoisotopic (exact) mass is 419 g/mol. The maximum Gasteiger partial charge on any atom is 0.150 e.